The van der Waals surface area contributed by atoms with Crippen molar-refractivity contribution in [3.63, 3.8) is 0 Å². The minimum absolute atomic E-state index is 0.00269. The van der Waals surface area contributed by atoms with Gasteiger partial charge in [0.05, 0.1) is 24.1 Å². The first kappa shape index (κ1) is 19.7. The highest BCUT2D eigenvalue weighted by atomic mass is 19.1. The van der Waals surface area contributed by atoms with Crippen LogP contribution < -0.4 is 9.47 Å². The van der Waals surface area contributed by atoms with Crippen molar-refractivity contribution in [2.75, 3.05) is 20.2 Å². The Balaban J connectivity index is 1.45. The molecule has 0 aliphatic carbocycles. The molecule has 160 valence electrons. The van der Waals surface area contributed by atoms with Gasteiger partial charge in [-0.25, -0.2) is 4.39 Å². The number of aromatic nitrogens is 1. The molecule has 3 aromatic rings. The van der Waals surface area contributed by atoms with E-state index in [0.29, 0.717) is 25.9 Å². The highest BCUT2D eigenvalue weighted by Crippen LogP contribution is 2.46. The maximum atomic E-state index is 14.1. The van der Waals surface area contributed by atoms with E-state index in [0.717, 1.165) is 23.6 Å². The quantitative estimate of drug-likeness (QED) is 0.616. The maximum absolute atomic E-state index is 14.1. The fourth-order valence-corrected chi connectivity index (χ4v) is 4.87. The van der Waals surface area contributed by atoms with Gasteiger partial charge in [-0.3, -0.25) is 4.79 Å². The summed E-state index contributed by atoms with van der Waals surface area (Å²) in [5, 5.41) is 0. The van der Waals surface area contributed by atoms with Crippen molar-refractivity contribution < 1.29 is 18.7 Å². The van der Waals surface area contributed by atoms with Crippen LogP contribution in [0.15, 0.2) is 54.6 Å². The van der Waals surface area contributed by atoms with Gasteiger partial charge in [-0.15, -0.1) is 0 Å². The Morgan fingerprint density at radius 3 is 2.61 bits per heavy atom. The van der Waals surface area contributed by atoms with Crippen LogP contribution in [0.3, 0.4) is 0 Å². The zero-order chi connectivity index (χ0) is 21.6. The first-order valence-electron chi connectivity index (χ1n) is 10.7. The molecule has 0 unspecified atom stereocenters. The molecule has 1 aromatic heterocycles. The molecule has 5 nitrogen and oxygen atoms in total. The summed E-state index contributed by atoms with van der Waals surface area (Å²) in [5.74, 6) is 0.121. The number of amides is 1. The summed E-state index contributed by atoms with van der Waals surface area (Å²) in [7, 11) is 1.38. The second-order valence-electron chi connectivity index (χ2n) is 8.08. The van der Waals surface area contributed by atoms with Crippen LogP contribution in [-0.2, 0) is 12.0 Å². The zero-order valence-electron chi connectivity index (χ0n) is 17.7. The lowest BCUT2D eigenvalue weighted by Crippen LogP contribution is -2.50. The minimum Gasteiger partial charge on any atom is -0.493 e. The number of para-hydroxylation sites is 3. The van der Waals surface area contributed by atoms with Gasteiger partial charge in [0.2, 0.25) is 0 Å². The number of piperidine rings is 1. The number of carbonyl (C=O) groups is 1. The summed E-state index contributed by atoms with van der Waals surface area (Å²) in [6.45, 7) is 3.20. The summed E-state index contributed by atoms with van der Waals surface area (Å²) < 4.78 is 28.1. The number of methoxy groups -OCH3 is 1. The predicted octanol–water partition coefficient (Wildman–Crippen LogP) is 4.71. The van der Waals surface area contributed by atoms with Crippen LogP contribution in [0.4, 0.5) is 4.39 Å². The Labute approximate surface area is 181 Å². The number of carbonyl (C=O) groups excluding carboxylic acids is 1. The molecule has 0 bridgehead atoms. The van der Waals surface area contributed by atoms with Crippen molar-refractivity contribution in [2.24, 2.45) is 0 Å². The molecule has 1 spiro atoms. The number of halogens is 1. The molecule has 0 N–H and O–H groups in total. The third-order valence-electron chi connectivity index (χ3n) is 6.46. The molecule has 1 saturated heterocycles. The standard InChI is InChI=1S/C25H25FN2O3/c1-3-17-11-12-22-25(31-21-10-5-4-9-20(21)28(17)22)13-15-27(16-14-25)24(29)18-7-6-8-19(26)23(18)30-2/h4-12H,3,13-16H2,1-2H3. The van der Waals surface area contributed by atoms with E-state index < -0.39 is 11.4 Å². The SMILES string of the molecule is CCc1ccc2n1-c1ccccc1OC21CCN(C(=O)c2cccc(F)c2OC)CC1. The second kappa shape index (κ2) is 7.45. The van der Waals surface area contributed by atoms with Crippen molar-refractivity contribution in [3.8, 4) is 17.2 Å². The first-order chi connectivity index (χ1) is 15.1. The summed E-state index contributed by atoms with van der Waals surface area (Å²) in [6.07, 6.45) is 2.25. The number of ether oxygens (including phenoxy) is 2. The maximum Gasteiger partial charge on any atom is 0.257 e. The highest BCUT2D eigenvalue weighted by molar-refractivity contribution is 5.97. The number of fused-ring (bicyclic) bond motifs is 4. The summed E-state index contributed by atoms with van der Waals surface area (Å²) in [5.41, 5.74) is 3.22. The molecule has 2 aliphatic heterocycles. The number of hydrogen-bond acceptors (Lipinski definition) is 3. The van der Waals surface area contributed by atoms with Gasteiger partial charge in [0.15, 0.2) is 17.2 Å². The topological polar surface area (TPSA) is 43.7 Å². The van der Waals surface area contributed by atoms with Gasteiger partial charge in [-0.2, -0.15) is 0 Å². The van der Waals surface area contributed by atoms with Gasteiger partial charge in [0.1, 0.15) is 5.75 Å². The van der Waals surface area contributed by atoms with Crippen LogP contribution >= 0.6 is 0 Å². The molecular weight excluding hydrogens is 395 g/mol. The summed E-state index contributed by atoms with van der Waals surface area (Å²) >= 11 is 0. The molecule has 6 heteroatoms. The molecular formula is C25H25FN2O3. The van der Waals surface area contributed by atoms with Gasteiger partial charge < -0.3 is 18.9 Å². The minimum atomic E-state index is -0.529. The van der Waals surface area contributed by atoms with Crippen LogP contribution in [0, 0.1) is 5.82 Å². The van der Waals surface area contributed by atoms with Gasteiger partial charge in [-0.05, 0) is 42.8 Å². The molecule has 5 rings (SSSR count). The van der Waals surface area contributed by atoms with E-state index in [4.69, 9.17) is 9.47 Å². The fourth-order valence-electron chi connectivity index (χ4n) is 4.87. The third kappa shape index (κ3) is 3.00. The van der Waals surface area contributed by atoms with E-state index in [9.17, 15) is 9.18 Å². The van der Waals surface area contributed by atoms with Crippen LogP contribution in [-0.4, -0.2) is 35.6 Å². The van der Waals surface area contributed by atoms with E-state index in [-0.39, 0.29) is 17.2 Å². The Kier molecular flexibility index (Phi) is 4.73. The predicted molar refractivity (Wildman–Crippen MR) is 116 cm³/mol. The lowest BCUT2D eigenvalue weighted by molar-refractivity contribution is -0.00958. The van der Waals surface area contributed by atoms with Crippen LogP contribution in [0.2, 0.25) is 0 Å². The molecule has 1 amide bonds. The molecule has 2 aliphatic rings. The Morgan fingerprint density at radius 2 is 1.87 bits per heavy atom. The molecule has 1 fully saturated rings. The number of rotatable bonds is 3. The van der Waals surface area contributed by atoms with Crippen molar-refractivity contribution in [2.45, 2.75) is 31.8 Å². The van der Waals surface area contributed by atoms with Crippen molar-refractivity contribution in [1.29, 1.82) is 0 Å². The van der Waals surface area contributed by atoms with E-state index in [1.54, 1.807) is 11.0 Å². The van der Waals surface area contributed by atoms with Crippen molar-refractivity contribution in [1.82, 2.24) is 9.47 Å². The average molecular weight is 420 g/mol. The average Bonchev–Trinajstić information content (AvgIpc) is 3.25. The molecule has 0 atom stereocenters. The molecule has 0 saturated carbocycles. The lowest BCUT2D eigenvalue weighted by Gasteiger charge is -2.45. The van der Waals surface area contributed by atoms with E-state index in [2.05, 4.69) is 29.7 Å². The van der Waals surface area contributed by atoms with Crippen LogP contribution in [0.25, 0.3) is 5.69 Å². The largest absolute Gasteiger partial charge is 0.493 e. The fraction of sp³-hybridized carbons (Fsp3) is 0.320. The highest BCUT2D eigenvalue weighted by Gasteiger charge is 2.45. The van der Waals surface area contributed by atoms with Gasteiger partial charge in [0, 0.05) is 31.6 Å². The van der Waals surface area contributed by atoms with Crippen molar-refractivity contribution >= 4 is 5.91 Å². The van der Waals surface area contributed by atoms with Crippen molar-refractivity contribution in [3.05, 3.63) is 77.4 Å². The van der Waals surface area contributed by atoms with Gasteiger partial charge in [0.25, 0.3) is 5.91 Å². The number of nitrogens with zero attached hydrogens (tertiary/aromatic N) is 2. The Morgan fingerprint density at radius 1 is 1.10 bits per heavy atom. The van der Waals surface area contributed by atoms with Crippen LogP contribution in [0.1, 0.15) is 41.5 Å². The number of hydrogen-bond donors (Lipinski definition) is 0. The Bertz CT molecular complexity index is 1150. The van der Waals surface area contributed by atoms with E-state index in [1.165, 1.54) is 24.9 Å². The van der Waals surface area contributed by atoms with Gasteiger partial charge >= 0.3 is 0 Å². The third-order valence-corrected chi connectivity index (χ3v) is 6.46. The molecule has 2 aromatic carbocycles. The number of benzene rings is 2. The molecule has 3 heterocycles. The van der Waals surface area contributed by atoms with Crippen LogP contribution in [0.5, 0.6) is 11.5 Å². The van der Waals surface area contributed by atoms with E-state index >= 15 is 0 Å². The first-order valence-corrected chi connectivity index (χ1v) is 10.7. The molecule has 0 radical (unpaired) electrons. The monoisotopic (exact) mass is 420 g/mol. The molecule has 31 heavy (non-hydrogen) atoms. The van der Waals surface area contributed by atoms with Gasteiger partial charge in [-0.1, -0.05) is 25.1 Å². The lowest BCUT2D eigenvalue weighted by atomic mass is 9.86. The number of aryl methyl sites for hydroxylation is 1. The number of likely N-dealkylation sites (tertiary alicyclic amines) is 1. The summed E-state index contributed by atoms with van der Waals surface area (Å²) in [6, 6.07) is 16.9. The zero-order valence-corrected chi connectivity index (χ0v) is 17.7. The smallest absolute Gasteiger partial charge is 0.257 e. The summed E-state index contributed by atoms with van der Waals surface area (Å²) in [4.78, 5) is 14.9. The van der Waals surface area contributed by atoms with E-state index in [1.807, 2.05) is 18.2 Å². The normalized spacial score (nSPS) is 16.4. The Hall–Kier alpha value is -3.28. The second-order valence-corrected chi connectivity index (χ2v) is 8.08.